The summed E-state index contributed by atoms with van der Waals surface area (Å²) in [6, 6.07) is 0. The zero-order chi connectivity index (χ0) is 73.2. The molecule has 0 saturated heterocycles. The van der Waals surface area contributed by atoms with E-state index >= 15 is 0 Å². The quantitative estimate of drug-likeness (QED) is 0.0169. The molecule has 0 spiro atoms. The second-order valence-electron chi connectivity index (χ2n) is 26.2. The first-order chi connectivity index (χ1) is 48.7. The number of esters is 4. The smallest absolute Gasteiger partial charge is 0.462 e. The fourth-order valence-corrected chi connectivity index (χ4v) is 12.2. The Morgan fingerprint density at radius 2 is 0.520 bits per heavy atom. The van der Waals surface area contributed by atoms with Gasteiger partial charge in [0.25, 0.3) is 0 Å². The van der Waals surface area contributed by atoms with Crippen molar-refractivity contribution in [3.05, 3.63) is 97.2 Å². The van der Waals surface area contributed by atoms with Crippen molar-refractivity contribution in [2.24, 2.45) is 0 Å². The highest BCUT2D eigenvalue weighted by Crippen LogP contribution is 2.45. The summed E-state index contributed by atoms with van der Waals surface area (Å²) in [5.74, 6) is -2.20. The predicted octanol–water partition coefficient (Wildman–Crippen LogP) is 22.8. The van der Waals surface area contributed by atoms with Gasteiger partial charge in [-0.1, -0.05) is 285 Å². The number of unbranched alkanes of at least 4 members (excludes halogenated alkanes) is 32. The zero-order valence-electron chi connectivity index (χ0n) is 63.1. The van der Waals surface area contributed by atoms with E-state index in [4.69, 9.17) is 37.0 Å². The van der Waals surface area contributed by atoms with Gasteiger partial charge in [-0.2, -0.15) is 0 Å². The summed E-state index contributed by atoms with van der Waals surface area (Å²) in [4.78, 5) is 72.9. The van der Waals surface area contributed by atoms with Gasteiger partial charge in [0.1, 0.15) is 19.3 Å². The molecule has 0 aromatic heterocycles. The maximum Gasteiger partial charge on any atom is 0.472 e. The second-order valence-corrected chi connectivity index (χ2v) is 29.2. The maximum absolute atomic E-state index is 13.1. The van der Waals surface area contributed by atoms with E-state index in [9.17, 15) is 43.2 Å². The SMILES string of the molecule is CC/C=C\C/C=C\C/C=C\C/C=C\CCCCCCCCC(=O)OCC(COP(=O)(O)OCC(O)COP(=O)(O)OCC(COC(=O)CCCCCCC/C=C\C/C=C\C/C=C\CC)OC(=O)CCCCCCCCCCCCCCC)OC(=O)CCCCCCC/C=C\CCCCCC. The molecule has 0 aromatic rings. The van der Waals surface area contributed by atoms with Crippen LogP contribution in [-0.2, 0) is 65.4 Å². The molecule has 0 radical (unpaired) electrons. The summed E-state index contributed by atoms with van der Waals surface area (Å²) in [6.45, 7) is 4.63. The molecule has 3 N–H and O–H groups in total. The van der Waals surface area contributed by atoms with Gasteiger partial charge >= 0.3 is 39.5 Å². The van der Waals surface area contributed by atoms with Crippen LogP contribution in [0.4, 0.5) is 0 Å². The molecule has 0 fully saturated rings. The monoisotopic (exact) mass is 1450 g/mol. The van der Waals surface area contributed by atoms with Crippen LogP contribution in [0.1, 0.15) is 336 Å². The van der Waals surface area contributed by atoms with Gasteiger partial charge in [-0.3, -0.25) is 37.3 Å². The largest absolute Gasteiger partial charge is 0.472 e. The average molecular weight is 1450 g/mol. The van der Waals surface area contributed by atoms with Gasteiger partial charge in [-0.05, 0) is 122 Å². The molecular weight excluding hydrogens is 1310 g/mol. The normalized spacial score (nSPS) is 14.4. The third-order valence-electron chi connectivity index (χ3n) is 16.5. The van der Waals surface area contributed by atoms with Crippen LogP contribution in [-0.4, -0.2) is 96.7 Å². The first kappa shape index (κ1) is 96.0. The van der Waals surface area contributed by atoms with Crippen LogP contribution in [0.3, 0.4) is 0 Å². The fraction of sp³-hybridized carbons (Fsp3) is 0.753. The number of allylic oxidation sites excluding steroid dienone is 16. The molecule has 0 bridgehead atoms. The number of aliphatic hydroxyl groups is 1. The lowest BCUT2D eigenvalue weighted by molar-refractivity contribution is -0.161. The van der Waals surface area contributed by atoms with Crippen LogP contribution in [0.5, 0.6) is 0 Å². The van der Waals surface area contributed by atoms with E-state index in [2.05, 4.69) is 125 Å². The lowest BCUT2D eigenvalue weighted by atomic mass is 10.0. The topological polar surface area (TPSA) is 237 Å². The van der Waals surface area contributed by atoms with E-state index < -0.39 is 97.5 Å². The van der Waals surface area contributed by atoms with Gasteiger partial charge in [0.2, 0.25) is 0 Å². The molecule has 578 valence electrons. The number of carbonyl (C=O) groups is 4. The minimum absolute atomic E-state index is 0.0819. The average Bonchev–Trinajstić information content (AvgIpc) is 0.935. The molecule has 0 aliphatic heterocycles. The lowest BCUT2D eigenvalue weighted by Crippen LogP contribution is -2.30. The second kappa shape index (κ2) is 73.3. The zero-order valence-corrected chi connectivity index (χ0v) is 64.9. The van der Waals surface area contributed by atoms with E-state index in [1.807, 2.05) is 0 Å². The number of hydrogen-bond acceptors (Lipinski definition) is 15. The van der Waals surface area contributed by atoms with Gasteiger partial charge in [0.05, 0.1) is 26.4 Å². The van der Waals surface area contributed by atoms with Crippen molar-refractivity contribution < 1.29 is 80.2 Å². The minimum atomic E-state index is -4.98. The molecule has 0 rings (SSSR count). The van der Waals surface area contributed by atoms with Crippen molar-refractivity contribution in [1.82, 2.24) is 0 Å². The van der Waals surface area contributed by atoms with Crippen molar-refractivity contribution in [3.8, 4) is 0 Å². The van der Waals surface area contributed by atoms with E-state index in [0.717, 1.165) is 180 Å². The number of carbonyl (C=O) groups excluding carboxylic acids is 4. The Bertz CT molecular complexity index is 2270. The van der Waals surface area contributed by atoms with Crippen LogP contribution in [0.15, 0.2) is 97.2 Å². The standard InChI is InChI=1S/C81H142O17P2/c1-5-9-13-17-21-25-29-33-35-36-37-38-40-44-46-50-54-58-62-66-79(84)92-72-77(98-81(86)68-64-60-56-52-48-42-32-28-24-20-16-12-8-4)74-96-100(89,90)94-70-75(82)69-93-99(87,88)95-73-76(97-80(85)67-63-59-55-51-47-41-31-27-23-19-15-11-7-3)71-91-78(83)65-61-57-53-49-45-43-39-34-30-26-22-18-14-10-6-2/h9-10,13-14,21-22,25-26,28,32-35,37-39,75-77,82H,5-8,11-12,15-20,23-24,27,29-31,36,40-74H2,1-4H3,(H,87,88)(H,89,90)/b13-9-,14-10-,25-21-,26-22-,32-28-,35-33-,38-37-,39-34-. The van der Waals surface area contributed by atoms with Crippen molar-refractivity contribution in [3.63, 3.8) is 0 Å². The molecule has 0 heterocycles. The molecule has 5 atom stereocenters. The Kier molecular flexibility index (Phi) is 70.4. The van der Waals surface area contributed by atoms with Crippen molar-refractivity contribution >= 4 is 39.5 Å². The summed E-state index contributed by atoms with van der Waals surface area (Å²) in [5, 5.41) is 10.6. The van der Waals surface area contributed by atoms with Crippen LogP contribution in [0.2, 0.25) is 0 Å². The summed E-state index contributed by atoms with van der Waals surface area (Å²) < 4.78 is 68.5. The third kappa shape index (κ3) is 72.3. The Morgan fingerprint density at radius 1 is 0.290 bits per heavy atom. The molecular formula is C81H142O17P2. The van der Waals surface area contributed by atoms with E-state index in [1.54, 1.807) is 0 Å². The number of rotatable bonds is 74. The van der Waals surface area contributed by atoms with Crippen LogP contribution < -0.4 is 0 Å². The van der Waals surface area contributed by atoms with Crippen LogP contribution >= 0.6 is 15.6 Å². The molecule has 5 unspecified atom stereocenters. The lowest BCUT2D eigenvalue weighted by Gasteiger charge is -2.21. The van der Waals surface area contributed by atoms with Crippen LogP contribution in [0.25, 0.3) is 0 Å². The highest BCUT2D eigenvalue weighted by molar-refractivity contribution is 7.47. The molecule has 0 amide bonds. The number of hydrogen-bond donors (Lipinski definition) is 3. The Hall–Kier alpha value is -4.02. The fourth-order valence-electron chi connectivity index (χ4n) is 10.6. The van der Waals surface area contributed by atoms with Crippen LogP contribution in [0, 0.1) is 0 Å². The highest BCUT2D eigenvalue weighted by atomic mass is 31.2. The van der Waals surface area contributed by atoms with E-state index in [1.165, 1.54) is 77.0 Å². The molecule has 19 heteroatoms. The number of phosphoric acid groups is 2. The van der Waals surface area contributed by atoms with Gasteiger partial charge < -0.3 is 33.8 Å². The molecule has 100 heavy (non-hydrogen) atoms. The molecule has 0 aliphatic carbocycles. The molecule has 0 aliphatic rings. The first-order valence-electron chi connectivity index (χ1n) is 39.5. The Morgan fingerprint density at radius 3 is 0.820 bits per heavy atom. The maximum atomic E-state index is 13.1. The molecule has 0 saturated carbocycles. The van der Waals surface area contributed by atoms with Crippen molar-refractivity contribution in [2.45, 2.75) is 354 Å². The highest BCUT2D eigenvalue weighted by Gasteiger charge is 2.30. The van der Waals surface area contributed by atoms with Crippen molar-refractivity contribution in [1.29, 1.82) is 0 Å². The van der Waals surface area contributed by atoms with E-state index in [-0.39, 0.29) is 25.7 Å². The van der Waals surface area contributed by atoms with E-state index in [0.29, 0.717) is 25.7 Å². The van der Waals surface area contributed by atoms with Gasteiger partial charge in [-0.25, -0.2) is 9.13 Å². The Labute approximate surface area is 607 Å². The predicted molar refractivity (Wildman–Crippen MR) is 409 cm³/mol. The number of aliphatic hydroxyl groups excluding tert-OH is 1. The summed E-state index contributed by atoms with van der Waals surface area (Å²) in [7, 11) is -9.95. The van der Waals surface area contributed by atoms with Crippen molar-refractivity contribution in [2.75, 3.05) is 39.6 Å². The summed E-state index contributed by atoms with van der Waals surface area (Å²) >= 11 is 0. The third-order valence-corrected chi connectivity index (χ3v) is 18.4. The van der Waals surface area contributed by atoms with Gasteiger partial charge in [0, 0.05) is 25.7 Å². The van der Waals surface area contributed by atoms with Gasteiger partial charge in [0.15, 0.2) is 12.2 Å². The minimum Gasteiger partial charge on any atom is -0.462 e. The summed E-state index contributed by atoms with van der Waals surface area (Å²) in [5.41, 5.74) is 0. The Balaban J connectivity index is 5.33. The molecule has 17 nitrogen and oxygen atoms in total. The molecule has 0 aromatic carbocycles. The first-order valence-corrected chi connectivity index (χ1v) is 42.5. The number of ether oxygens (including phenoxy) is 4. The summed E-state index contributed by atoms with van der Waals surface area (Å²) in [6.07, 6.45) is 76.7. The van der Waals surface area contributed by atoms with Gasteiger partial charge in [-0.15, -0.1) is 0 Å². The number of phosphoric ester groups is 2.